The largest absolute Gasteiger partial charge is 0.465 e. The molecule has 1 aromatic heterocycles. The van der Waals surface area contributed by atoms with Gasteiger partial charge in [-0.3, -0.25) is 4.79 Å². The second kappa shape index (κ2) is 5.60. The smallest absolute Gasteiger partial charge is 0.324 e. The average molecular weight is 303 g/mol. The summed E-state index contributed by atoms with van der Waals surface area (Å²) in [7, 11) is -3.58. The van der Waals surface area contributed by atoms with Gasteiger partial charge in [-0.05, 0) is 38.8 Å². The van der Waals surface area contributed by atoms with E-state index in [1.807, 2.05) is 6.92 Å². The lowest BCUT2D eigenvalue weighted by molar-refractivity contribution is -0.146. The number of aryl methyl sites for hydroxylation is 1. The Balaban J connectivity index is 2.27. The third kappa shape index (κ3) is 2.82. The molecule has 0 aliphatic carbocycles. The fourth-order valence-electron chi connectivity index (χ4n) is 2.17. The van der Waals surface area contributed by atoms with Crippen LogP contribution in [0, 0.1) is 6.92 Å². The molecule has 2 rings (SSSR count). The van der Waals surface area contributed by atoms with Gasteiger partial charge in [-0.2, -0.15) is 4.31 Å². The quantitative estimate of drug-likeness (QED) is 0.795. The minimum absolute atomic E-state index is 0.265. The van der Waals surface area contributed by atoms with Gasteiger partial charge in [0, 0.05) is 11.4 Å². The summed E-state index contributed by atoms with van der Waals surface area (Å²) in [6.07, 6.45) is 1.22. The van der Waals surface area contributed by atoms with E-state index in [0.717, 1.165) is 4.88 Å². The average Bonchev–Trinajstić information content (AvgIpc) is 2.97. The molecule has 0 bridgehead atoms. The highest BCUT2D eigenvalue weighted by molar-refractivity contribution is 7.91. The lowest BCUT2D eigenvalue weighted by Crippen LogP contribution is -2.41. The second-order valence-corrected chi connectivity index (χ2v) is 7.80. The number of carbonyl (C=O) groups is 1. The molecule has 1 fully saturated rings. The predicted molar refractivity (Wildman–Crippen MR) is 72.6 cm³/mol. The maximum Gasteiger partial charge on any atom is 0.324 e. The minimum Gasteiger partial charge on any atom is -0.465 e. The first-order chi connectivity index (χ1) is 8.96. The van der Waals surface area contributed by atoms with Crippen LogP contribution < -0.4 is 0 Å². The number of hydrogen-bond donors (Lipinski definition) is 0. The summed E-state index contributed by atoms with van der Waals surface area (Å²) in [5.74, 6) is -0.447. The topological polar surface area (TPSA) is 63.7 Å². The first-order valence-corrected chi connectivity index (χ1v) is 8.47. The molecule has 0 saturated carbocycles. The Hall–Kier alpha value is -0.920. The summed E-state index contributed by atoms with van der Waals surface area (Å²) in [6, 6.07) is 2.69. The lowest BCUT2D eigenvalue weighted by atomic mass is 10.2. The highest BCUT2D eigenvalue weighted by Crippen LogP contribution is 2.30. The zero-order chi connectivity index (χ0) is 14.0. The fraction of sp³-hybridized carbons (Fsp3) is 0.583. The number of esters is 1. The maximum atomic E-state index is 12.5. The van der Waals surface area contributed by atoms with Crippen molar-refractivity contribution >= 4 is 27.3 Å². The fourth-order valence-corrected chi connectivity index (χ4v) is 5.23. The van der Waals surface area contributed by atoms with E-state index in [2.05, 4.69) is 0 Å². The Bertz CT molecular complexity index is 564. The SMILES string of the molecule is CCOC(=O)C1CCCN1S(=O)(=O)c1ccc(C)s1. The van der Waals surface area contributed by atoms with E-state index in [-0.39, 0.29) is 6.61 Å². The summed E-state index contributed by atoms with van der Waals surface area (Å²) >= 11 is 1.23. The molecular weight excluding hydrogens is 286 g/mol. The van der Waals surface area contributed by atoms with Gasteiger partial charge in [0.2, 0.25) is 0 Å². The van der Waals surface area contributed by atoms with Gasteiger partial charge in [-0.15, -0.1) is 11.3 Å². The van der Waals surface area contributed by atoms with Crippen molar-refractivity contribution in [3.63, 3.8) is 0 Å². The molecule has 1 saturated heterocycles. The number of thiophene rings is 1. The van der Waals surface area contributed by atoms with Crippen LogP contribution in [0.3, 0.4) is 0 Å². The van der Waals surface area contributed by atoms with Crippen molar-refractivity contribution in [2.24, 2.45) is 0 Å². The van der Waals surface area contributed by atoms with Crippen LogP contribution >= 0.6 is 11.3 Å². The number of rotatable bonds is 4. The molecule has 0 amide bonds. The number of carbonyl (C=O) groups excluding carboxylic acids is 1. The molecule has 0 radical (unpaired) electrons. The number of hydrogen-bond acceptors (Lipinski definition) is 5. The highest BCUT2D eigenvalue weighted by atomic mass is 32.2. The van der Waals surface area contributed by atoms with Crippen molar-refractivity contribution < 1.29 is 17.9 Å². The summed E-state index contributed by atoms with van der Waals surface area (Å²) in [5.41, 5.74) is 0. The summed E-state index contributed by atoms with van der Waals surface area (Å²) in [5, 5.41) is 0. The predicted octanol–water partition coefficient (Wildman–Crippen LogP) is 1.77. The zero-order valence-electron chi connectivity index (χ0n) is 11.0. The van der Waals surface area contributed by atoms with E-state index >= 15 is 0 Å². The molecule has 0 N–H and O–H groups in total. The summed E-state index contributed by atoms with van der Waals surface area (Å²) in [6.45, 7) is 4.22. The van der Waals surface area contributed by atoms with Crippen LogP contribution in [0.1, 0.15) is 24.6 Å². The summed E-state index contributed by atoms with van der Waals surface area (Å²) < 4.78 is 31.5. The van der Waals surface area contributed by atoms with Crippen LogP contribution in [0.2, 0.25) is 0 Å². The lowest BCUT2D eigenvalue weighted by Gasteiger charge is -2.21. The molecule has 0 spiro atoms. The van der Waals surface area contributed by atoms with Crippen molar-refractivity contribution in [3.8, 4) is 0 Å². The van der Waals surface area contributed by atoms with E-state index < -0.39 is 22.0 Å². The van der Waals surface area contributed by atoms with Gasteiger partial charge in [0.15, 0.2) is 0 Å². The molecule has 19 heavy (non-hydrogen) atoms. The first-order valence-electron chi connectivity index (χ1n) is 6.21. The molecule has 0 aromatic carbocycles. The van der Waals surface area contributed by atoms with Crippen LogP contribution in [-0.4, -0.2) is 37.9 Å². The molecule has 2 heterocycles. The first kappa shape index (κ1) is 14.5. The van der Waals surface area contributed by atoms with E-state index in [1.54, 1.807) is 19.1 Å². The van der Waals surface area contributed by atoms with Gasteiger partial charge in [0.05, 0.1) is 6.61 Å². The van der Waals surface area contributed by atoms with Crippen molar-refractivity contribution in [3.05, 3.63) is 17.0 Å². The molecule has 1 aromatic rings. The summed E-state index contributed by atoms with van der Waals surface area (Å²) in [4.78, 5) is 12.7. The van der Waals surface area contributed by atoms with Crippen LogP contribution in [0.4, 0.5) is 0 Å². The van der Waals surface area contributed by atoms with Gasteiger partial charge in [0.25, 0.3) is 10.0 Å². The highest BCUT2D eigenvalue weighted by Gasteiger charge is 2.40. The Kier molecular flexibility index (Phi) is 4.27. The monoisotopic (exact) mass is 303 g/mol. The van der Waals surface area contributed by atoms with Gasteiger partial charge in [-0.25, -0.2) is 8.42 Å². The minimum atomic E-state index is -3.58. The number of ether oxygens (including phenoxy) is 1. The Morgan fingerprint density at radius 1 is 1.53 bits per heavy atom. The number of sulfonamides is 1. The van der Waals surface area contributed by atoms with Crippen LogP contribution in [0.15, 0.2) is 16.3 Å². The van der Waals surface area contributed by atoms with E-state index in [1.165, 1.54) is 15.6 Å². The van der Waals surface area contributed by atoms with Crippen LogP contribution in [0.25, 0.3) is 0 Å². The Morgan fingerprint density at radius 3 is 2.84 bits per heavy atom. The van der Waals surface area contributed by atoms with Crippen LogP contribution in [0.5, 0.6) is 0 Å². The molecular formula is C12H17NO4S2. The van der Waals surface area contributed by atoms with Gasteiger partial charge in [0.1, 0.15) is 10.3 Å². The van der Waals surface area contributed by atoms with Gasteiger partial charge < -0.3 is 4.74 Å². The third-order valence-corrected chi connectivity index (χ3v) is 6.42. The molecule has 1 aliphatic rings. The van der Waals surface area contributed by atoms with Gasteiger partial charge >= 0.3 is 5.97 Å². The van der Waals surface area contributed by atoms with E-state index in [9.17, 15) is 13.2 Å². The van der Waals surface area contributed by atoms with Crippen LogP contribution in [-0.2, 0) is 19.6 Å². The second-order valence-electron chi connectivity index (χ2n) is 4.39. The third-order valence-electron chi connectivity index (χ3n) is 3.04. The number of nitrogens with zero attached hydrogens (tertiary/aromatic N) is 1. The molecule has 106 valence electrons. The van der Waals surface area contributed by atoms with Crippen molar-refractivity contribution in [1.82, 2.24) is 4.31 Å². The molecule has 1 unspecified atom stereocenters. The Labute approximate surface area is 117 Å². The maximum absolute atomic E-state index is 12.5. The van der Waals surface area contributed by atoms with Crippen molar-refractivity contribution in [1.29, 1.82) is 0 Å². The van der Waals surface area contributed by atoms with Crippen molar-refractivity contribution in [2.75, 3.05) is 13.2 Å². The Morgan fingerprint density at radius 2 is 2.26 bits per heavy atom. The van der Waals surface area contributed by atoms with Gasteiger partial charge in [-0.1, -0.05) is 0 Å². The van der Waals surface area contributed by atoms with E-state index in [4.69, 9.17) is 4.74 Å². The standard InChI is InChI=1S/C12H17NO4S2/c1-3-17-12(14)10-5-4-8-13(10)19(15,16)11-7-6-9(2)18-11/h6-7,10H,3-5,8H2,1-2H3. The molecule has 1 aliphatic heterocycles. The zero-order valence-corrected chi connectivity index (χ0v) is 12.6. The normalized spacial score (nSPS) is 20.6. The molecule has 5 nitrogen and oxygen atoms in total. The molecule has 7 heteroatoms. The van der Waals surface area contributed by atoms with E-state index in [0.29, 0.717) is 23.6 Å². The molecule has 1 atom stereocenters. The van der Waals surface area contributed by atoms with Crippen molar-refractivity contribution in [2.45, 2.75) is 36.9 Å².